The van der Waals surface area contributed by atoms with Crippen LogP contribution < -0.4 is 15.4 Å². The number of alkyl halides is 3. The highest BCUT2D eigenvalue weighted by Crippen LogP contribution is 2.37. The van der Waals surface area contributed by atoms with Gasteiger partial charge in [0.25, 0.3) is 5.91 Å². The largest absolute Gasteiger partial charge is 0.492 e. The number of rotatable bonds is 8. The van der Waals surface area contributed by atoms with Crippen molar-refractivity contribution in [3.05, 3.63) is 64.8 Å². The van der Waals surface area contributed by atoms with Gasteiger partial charge in [0.1, 0.15) is 12.4 Å². The van der Waals surface area contributed by atoms with Crippen molar-refractivity contribution >= 4 is 23.2 Å². The fourth-order valence-electron chi connectivity index (χ4n) is 3.38. The van der Waals surface area contributed by atoms with Crippen molar-refractivity contribution in [2.24, 2.45) is 7.05 Å². The first-order valence-electron chi connectivity index (χ1n) is 10.4. The summed E-state index contributed by atoms with van der Waals surface area (Å²) in [6.07, 6.45) is -0.678. The monoisotopic (exact) mass is 478 g/mol. The van der Waals surface area contributed by atoms with Crippen LogP contribution in [-0.4, -0.2) is 34.9 Å². The average molecular weight is 479 g/mol. The number of anilines is 1. The molecule has 33 heavy (non-hydrogen) atoms. The standard InChI is InChI=1S/C23H22ClF3N4O2/c1-31-21(19(24)13-29-31)18-12-17(7-8-20(18)33-10-9-28-16-5-6-16)30-22(32)14-3-2-4-15(11-14)23(25,26)27/h2-4,7-8,11-13,16,28H,5-6,9-10H2,1H3,(H,30,32). The van der Waals surface area contributed by atoms with Crippen LogP contribution >= 0.6 is 11.6 Å². The van der Waals surface area contributed by atoms with Crippen LogP contribution in [0.15, 0.2) is 48.7 Å². The van der Waals surface area contributed by atoms with Gasteiger partial charge in [0.15, 0.2) is 0 Å². The molecule has 4 rings (SSSR count). The van der Waals surface area contributed by atoms with Gasteiger partial charge in [-0.25, -0.2) is 0 Å². The number of amides is 1. The van der Waals surface area contributed by atoms with Crippen molar-refractivity contribution in [3.63, 3.8) is 0 Å². The van der Waals surface area contributed by atoms with E-state index in [0.717, 1.165) is 12.1 Å². The van der Waals surface area contributed by atoms with E-state index in [1.54, 1.807) is 29.9 Å². The minimum absolute atomic E-state index is 0.101. The fourth-order valence-corrected chi connectivity index (χ4v) is 3.65. The minimum Gasteiger partial charge on any atom is -0.492 e. The number of hydrogen-bond donors (Lipinski definition) is 2. The lowest BCUT2D eigenvalue weighted by Gasteiger charge is -2.15. The van der Waals surface area contributed by atoms with Crippen LogP contribution in [-0.2, 0) is 13.2 Å². The molecule has 1 aromatic heterocycles. The lowest BCUT2D eigenvalue weighted by molar-refractivity contribution is -0.137. The van der Waals surface area contributed by atoms with Gasteiger partial charge in [-0.1, -0.05) is 17.7 Å². The van der Waals surface area contributed by atoms with E-state index in [9.17, 15) is 18.0 Å². The highest BCUT2D eigenvalue weighted by Gasteiger charge is 2.31. The molecule has 1 fully saturated rings. The highest BCUT2D eigenvalue weighted by molar-refractivity contribution is 6.33. The second-order valence-electron chi connectivity index (χ2n) is 7.79. The first-order chi connectivity index (χ1) is 15.7. The molecule has 0 radical (unpaired) electrons. The van der Waals surface area contributed by atoms with E-state index in [4.69, 9.17) is 16.3 Å². The molecule has 174 valence electrons. The van der Waals surface area contributed by atoms with Gasteiger partial charge >= 0.3 is 6.18 Å². The molecule has 1 saturated carbocycles. The number of aryl methyl sites for hydroxylation is 1. The Hall–Kier alpha value is -3.04. The van der Waals surface area contributed by atoms with E-state index in [1.807, 2.05) is 0 Å². The molecule has 10 heteroatoms. The summed E-state index contributed by atoms with van der Waals surface area (Å²) >= 11 is 6.33. The number of carbonyl (C=O) groups is 1. The number of nitrogens with zero attached hydrogens (tertiary/aromatic N) is 2. The fraction of sp³-hybridized carbons (Fsp3) is 0.304. The van der Waals surface area contributed by atoms with Gasteiger partial charge < -0.3 is 15.4 Å². The predicted molar refractivity (Wildman–Crippen MR) is 120 cm³/mol. The van der Waals surface area contributed by atoms with Crippen LogP contribution in [0.25, 0.3) is 11.3 Å². The van der Waals surface area contributed by atoms with Gasteiger partial charge in [0.2, 0.25) is 0 Å². The van der Waals surface area contributed by atoms with E-state index in [2.05, 4.69) is 15.7 Å². The second-order valence-corrected chi connectivity index (χ2v) is 8.19. The van der Waals surface area contributed by atoms with Crippen LogP contribution in [0.5, 0.6) is 5.75 Å². The molecule has 0 saturated heterocycles. The summed E-state index contributed by atoms with van der Waals surface area (Å²) in [5.74, 6) is -0.111. The van der Waals surface area contributed by atoms with Gasteiger partial charge in [0, 0.05) is 36.4 Å². The van der Waals surface area contributed by atoms with E-state index in [-0.39, 0.29) is 5.56 Å². The summed E-state index contributed by atoms with van der Waals surface area (Å²) in [7, 11) is 1.73. The Kier molecular flexibility index (Phi) is 6.62. The second kappa shape index (κ2) is 9.44. The lowest BCUT2D eigenvalue weighted by atomic mass is 10.1. The third kappa shape index (κ3) is 5.66. The average Bonchev–Trinajstić information content (AvgIpc) is 3.54. The van der Waals surface area contributed by atoms with E-state index < -0.39 is 17.6 Å². The Bertz CT molecular complexity index is 1140. The van der Waals surface area contributed by atoms with Crippen LogP contribution in [0, 0.1) is 0 Å². The topological polar surface area (TPSA) is 68.2 Å². The molecule has 0 unspecified atom stereocenters. The summed E-state index contributed by atoms with van der Waals surface area (Å²) < 4.78 is 46.5. The lowest BCUT2D eigenvalue weighted by Crippen LogP contribution is -2.23. The number of nitrogens with one attached hydrogen (secondary N) is 2. The third-order valence-corrected chi connectivity index (χ3v) is 5.49. The molecule has 1 heterocycles. The number of benzene rings is 2. The maximum absolute atomic E-state index is 13.0. The Morgan fingerprint density at radius 3 is 2.70 bits per heavy atom. The Balaban J connectivity index is 1.57. The van der Waals surface area contributed by atoms with Crippen molar-refractivity contribution in [3.8, 4) is 17.0 Å². The van der Waals surface area contributed by atoms with Crippen LogP contribution in [0.1, 0.15) is 28.8 Å². The first-order valence-corrected chi connectivity index (χ1v) is 10.8. The maximum atomic E-state index is 13.0. The van der Waals surface area contributed by atoms with Gasteiger partial charge in [0.05, 0.1) is 22.5 Å². The predicted octanol–water partition coefficient (Wildman–Crippen LogP) is 5.14. The zero-order valence-corrected chi connectivity index (χ0v) is 18.5. The van der Waals surface area contributed by atoms with Crippen molar-refractivity contribution in [2.45, 2.75) is 25.1 Å². The Morgan fingerprint density at radius 2 is 2.03 bits per heavy atom. The number of hydrogen-bond acceptors (Lipinski definition) is 4. The molecule has 1 aliphatic carbocycles. The highest BCUT2D eigenvalue weighted by atomic mass is 35.5. The molecule has 0 aliphatic heterocycles. The molecular weight excluding hydrogens is 457 g/mol. The van der Waals surface area contributed by atoms with Crippen LogP contribution in [0.2, 0.25) is 5.02 Å². The van der Waals surface area contributed by atoms with Gasteiger partial charge in [-0.2, -0.15) is 18.3 Å². The van der Waals surface area contributed by atoms with Gasteiger partial charge in [-0.15, -0.1) is 0 Å². The van der Waals surface area contributed by atoms with Crippen molar-refractivity contribution in [1.82, 2.24) is 15.1 Å². The smallest absolute Gasteiger partial charge is 0.416 e. The van der Waals surface area contributed by atoms with E-state index in [1.165, 1.54) is 31.2 Å². The number of ether oxygens (including phenoxy) is 1. The third-order valence-electron chi connectivity index (χ3n) is 5.21. The summed E-state index contributed by atoms with van der Waals surface area (Å²) in [4.78, 5) is 12.6. The SMILES string of the molecule is Cn1ncc(Cl)c1-c1cc(NC(=O)c2cccc(C(F)(F)F)c2)ccc1OCCNC1CC1. The Morgan fingerprint density at radius 1 is 1.24 bits per heavy atom. The van der Waals surface area contributed by atoms with Crippen LogP contribution in [0.3, 0.4) is 0 Å². The molecule has 0 atom stereocenters. The minimum atomic E-state index is -4.53. The molecule has 6 nitrogen and oxygen atoms in total. The van der Waals surface area contributed by atoms with E-state index >= 15 is 0 Å². The molecule has 2 aromatic carbocycles. The normalized spacial score (nSPS) is 13.7. The Labute approximate surface area is 193 Å². The molecule has 1 aliphatic rings. The molecule has 2 N–H and O–H groups in total. The van der Waals surface area contributed by atoms with Crippen molar-refractivity contribution in [2.75, 3.05) is 18.5 Å². The molecule has 3 aromatic rings. The molecule has 0 spiro atoms. The summed E-state index contributed by atoms with van der Waals surface area (Å²) in [6, 6.07) is 9.81. The zero-order chi connectivity index (χ0) is 23.6. The maximum Gasteiger partial charge on any atom is 0.416 e. The number of aromatic nitrogens is 2. The van der Waals surface area contributed by atoms with Gasteiger partial charge in [-0.3, -0.25) is 9.48 Å². The van der Waals surface area contributed by atoms with Crippen molar-refractivity contribution in [1.29, 1.82) is 0 Å². The first kappa shape index (κ1) is 23.1. The number of halogens is 4. The zero-order valence-electron chi connectivity index (χ0n) is 17.7. The van der Waals surface area contributed by atoms with Crippen molar-refractivity contribution < 1.29 is 22.7 Å². The number of carbonyl (C=O) groups excluding carboxylic acids is 1. The molecular formula is C23H22ClF3N4O2. The summed E-state index contributed by atoms with van der Waals surface area (Å²) in [6.45, 7) is 1.13. The summed E-state index contributed by atoms with van der Waals surface area (Å²) in [5, 5.41) is 10.6. The molecule has 1 amide bonds. The summed E-state index contributed by atoms with van der Waals surface area (Å²) in [5.41, 5.74) is 0.593. The van der Waals surface area contributed by atoms with Gasteiger partial charge in [-0.05, 0) is 49.2 Å². The van der Waals surface area contributed by atoms with E-state index in [0.29, 0.717) is 46.9 Å². The molecule has 0 bridgehead atoms. The quantitative estimate of drug-likeness (QED) is 0.440. The van der Waals surface area contributed by atoms with Crippen LogP contribution in [0.4, 0.5) is 18.9 Å².